The second kappa shape index (κ2) is 5.93. The third-order valence-electron chi connectivity index (χ3n) is 3.93. The third-order valence-corrected chi connectivity index (χ3v) is 3.93. The summed E-state index contributed by atoms with van der Waals surface area (Å²) in [6, 6.07) is 3.69. The molecule has 3 nitrogen and oxygen atoms in total. The molecule has 3 rings (SSSR count). The van der Waals surface area contributed by atoms with Crippen LogP contribution in [0.5, 0.6) is 0 Å². The summed E-state index contributed by atoms with van der Waals surface area (Å²) in [7, 11) is 0. The smallest absolute Gasteiger partial charge is 0.208 e. The number of hydrogen-bond acceptors (Lipinski definition) is 3. The van der Waals surface area contributed by atoms with E-state index in [1.807, 2.05) is 6.92 Å². The van der Waals surface area contributed by atoms with E-state index in [9.17, 15) is 8.78 Å². The number of rotatable bonds is 3. The predicted octanol–water partition coefficient (Wildman–Crippen LogP) is 3.64. The number of piperidine rings is 1. The van der Waals surface area contributed by atoms with Gasteiger partial charge in [0.15, 0.2) is 0 Å². The largest absolute Gasteiger partial charge is 0.445 e. The van der Waals surface area contributed by atoms with Crippen LogP contribution in [0.4, 0.5) is 8.78 Å². The van der Waals surface area contributed by atoms with Gasteiger partial charge in [-0.15, -0.1) is 0 Å². The number of oxazole rings is 1. The van der Waals surface area contributed by atoms with Gasteiger partial charge < -0.3 is 4.42 Å². The molecule has 0 unspecified atom stereocenters. The van der Waals surface area contributed by atoms with Gasteiger partial charge in [0.05, 0.1) is 12.7 Å². The number of likely N-dealkylation sites (tertiary alicyclic amines) is 1. The summed E-state index contributed by atoms with van der Waals surface area (Å²) in [6.45, 7) is 4.09. The molecule has 0 N–H and O–H groups in total. The highest BCUT2D eigenvalue weighted by molar-refractivity contribution is 5.23. The summed E-state index contributed by atoms with van der Waals surface area (Å²) in [5, 5.41) is 0. The molecule has 0 aliphatic carbocycles. The molecule has 0 saturated carbocycles. The highest BCUT2D eigenvalue weighted by Gasteiger charge is 2.24. The molecule has 1 aromatic heterocycles. The van der Waals surface area contributed by atoms with Crippen molar-refractivity contribution in [3.63, 3.8) is 0 Å². The van der Waals surface area contributed by atoms with Crippen molar-refractivity contribution >= 4 is 0 Å². The van der Waals surface area contributed by atoms with Crippen molar-refractivity contribution in [2.75, 3.05) is 13.1 Å². The first-order valence-corrected chi connectivity index (χ1v) is 7.20. The van der Waals surface area contributed by atoms with E-state index in [4.69, 9.17) is 4.42 Å². The summed E-state index contributed by atoms with van der Waals surface area (Å²) < 4.78 is 32.7. The van der Waals surface area contributed by atoms with Crippen LogP contribution < -0.4 is 0 Å². The number of nitrogens with zero attached hydrogens (tertiary/aromatic N) is 2. The number of hydrogen-bond donors (Lipinski definition) is 0. The van der Waals surface area contributed by atoms with Crippen molar-refractivity contribution in [2.45, 2.75) is 32.2 Å². The molecule has 1 aliphatic rings. The molecule has 1 aromatic carbocycles. The minimum Gasteiger partial charge on any atom is -0.445 e. The maximum absolute atomic E-state index is 13.9. The Hall–Kier alpha value is -1.75. The van der Waals surface area contributed by atoms with Gasteiger partial charge in [-0.05, 0) is 56.0 Å². The van der Waals surface area contributed by atoms with Crippen molar-refractivity contribution in [1.82, 2.24) is 9.88 Å². The second-order valence-corrected chi connectivity index (χ2v) is 5.60. The molecule has 0 spiro atoms. The van der Waals surface area contributed by atoms with Crippen molar-refractivity contribution in [1.29, 1.82) is 0 Å². The minimum atomic E-state index is -0.383. The second-order valence-electron chi connectivity index (χ2n) is 5.60. The maximum atomic E-state index is 13.9. The van der Waals surface area contributed by atoms with Gasteiger partial charge in [-0.2, -0.15) is 0 Å². The van der Waals surface area contributed by atoms with Crippen molar-refractivity contribution in [2.24, 2.45) is 0 Å². The molecule has 5 heteroatoms. The maximum Gasteiger partial charge on any atom is 0.208 e. The lowest BCUT2D eigenvalue weighted by Gasteiger charge is -2.32. The molecule has 0 bridgehead atoms. The molecular weight excluding hydrogens is 274 g/mol. The average molecular weight is 292 g/mol. The fourth-order valence-corrected chi connectivity index (χ4v) is 2.95. The van der Waals surface area contributed by atoms with E-state index < -0.39 is 0 Å². The van der Waals surface area contributed by atoms with Crippen LogP contribution in [-0.4, -0.2) is 23.0 Å². The first-order valence-electron chi connectivity index (χ1n) is 7.20. The Bertz CT molecular complexity index is 626. The molecule has 1 fully saturated rings. The normalized spacial score (nSPS) is 19.9. The number of benzene rings is 1. The summed E-state index contributed by atoms with van der Waals surface area (Å²) in [6.07, 6.45) is 3.53. The van der Waals surface area contributed by atoms with E-state index >= 15 is 0 Å². The molecular formula is C16H18F2N2O. The fourth-order valence-electron chi connectivity index (χ4n) is 2.95. The van der Waals surface area contributed by atoms with Crippen LogP contribution in [0.25, 0.3) is 0 Å². The minimum absolute atomic E-state index is 0.0190. The van der Waals surface area contributed by atoms with Crippen molar-refractivity contribution in [3.05, 3.63) is 53.2 Å². The Labute approximate surface area is 122 Å². The zero-order chi connectivity index (χ0) is 14.8. The van der Waals surface area contributed by atoms with Gasteiger partial charge in [0.25, 0.3) is 0 Å². The summed E-state index contributed by atoms with van der Waals surface area (Å²) in [4.78, 5) is 6.38. The Morgan fingerprint density at radius 3 is 3.00 bits per heavy atom. The van der Waals surface area contributed by atoms with Crippen LogP contribution in [0.15, 0.2) is 28.8 Å². The zero-order valence-electron chi connectivity index (χ0n) is 12.0. The van der Waals surface area contributed by atoms with Gasteiger partial charge in [-0.25, -0.2) is 13.8 Å². The van der Waals surface area contributed by atoms with Crippen molar-refractivity contribution in [3.8, 4) is 0 Å². The number of halogens is 2. The molecule has 2 aromatic rings. The first-order chi connectivity index (χ1) is 10.1. The van der Waals surface area contributed by atoms with Crippen LogP contribution in [0.3, 0.4) is 0 Å². The van der Waals surface area contributed by atoms with Gasteiger partial charge in [0.1, 0.15) is 17.4 Å². The van der Waals surface area contributed by atoms with Gasteiger partial charge in [0.2, 0.25) is 5.89 Å². The van der Waals surface area contributed by atoms with E-state index in [2.05, 4.69) is 9.88 Å². The van der Waals surface area contributed by atoms with E-state index in [0.717, 1.165) is 31.2 Å². The summed E-state index contributed by atoms with van der Waals surface area (Å²) in [5.74, 6) is 0.773. The number of aryl methyl sites for hydroxylation is 1. The van der Waals surface area contributed by atoms with Crippen LogP contribution in [-0.2, 0) is 6.54 Å². The van der Waals surface area contributed by atoms with Crippen LogP contribution in [0.1, 0.15) is 36.0 Å². The Kier molecular flexibility index (Phi) is 4.01. The SMILES string of the molecule is Cc1cnc(CN2CCC[C@@H](c3cc(F)ccc3F)C2)o1. The molecule has 21 heavy (non-hydrogen) atoms. The van der Waals surface area contributed by atoms with E-state index in [1.54, 1.807) is 6.20 Å². The summed E-state index contributed by atoms with van der Waals surface area (Å²) >= 11 is 0. The van der Waals surface area contributed by atoms with E-state index in [1.165, 1.54) is 12.1 Å². The van der Waals surface area contributed by atoms with Crippen LogP contribution in [0, 0.1) is 18.6 Å². The van der Waals surface area contributed by atoms with Crippen LogP contribution in [0.2, 0.25) is 0 Å². The van der Waals surface area contributed by atoms with Crippen LogP contribution >= 0.6 is 0 Å². The average Bonchev–Trinajstić information content (AvgIpc) is 2.87. The lowest BCUT2D eigenvalue weighted by Crippen LogP contribution is -2.34. The fraction of sp³-hybridized carbons (Fsp3) is 0.438. The monoisotopic (exact) mass is 292 g/mol. The van der Waals surface area contributed by atoms with Gasteiger partial charge in [-0.3, -0.25) is 4.90 Å². The molecule has 1 aliphatic heterocycles. The van der Waals surface area contributed by atoms with E-state index in [-0.39, 0.29) is 17.6 Å². The van der Waals surface area contributed by atoms with Gasteiger partial charge in [-0.1, -0.05) is 0 Å². The van der Waals surface area contributed by atoms with Gasteiger partial charge in [0, 0.05) is 6.54 Å². The standard InChI is InChI=1S/C16H18F2N2O/c1-11-8-19-16(21-11)10-20-6-2-3-12(9-20)14-7-13(17)4-5-15(14)18/h4-5,7-8,12H,2-3,6,9-10H2,1H3/t12-/m1/s1. The molecule has 0 radical (unpaired) electrons. The highest BCUT2D eigenvalue weighted by Crippen LogP contribution is 2.29. The Morgan fingerprint density at radius 1 is 1.38 bits per heavy atom. The van der Waals surface area contributed by atoms with Gasteiger partial charge >= 0.3 is 0 Å². The molecule has 0 amide bonds. The molecule has 112 valence electrons. The topological polar surface area (TPSA) is 29.3 Å². The third kappa shape index (κ3) is 3.29. The van der Waals surface area contributed by atoms with Crippen molar-refractivity contribution < 1.29 is 13.2 Å². The molecule has 1 atom stereocenters. The Balaban J connectivity index is 1.72. The Morgan fingerprint density at radius 2 is 2.24 bits per heavy atom. The lowest BCUT2D eigenvalue weighted by atomic mass is 9.90. The highest BCUT2D eigenvalue weighted by atomic mass is 19.1. The zero-order valence-corrected chi connectivity index (χ0v) is 12.0. The summed E-state index contributed by atoms with van der Waals surface area (Å²) in [5.41, 5.74) is 0.475. The molecule has 2 heterocycles. The lowest BCUT2D eigenvalue weighted by molar-refractivity contribution is 0.181. The quantitative estimate of drug-likeness (QED) is 0.865. The van der Waals surface area contributed by atoms with E-state index in [0.29, 0.717) is 24.5 Å². The first kappa shape index (κ1) is 14.2. The predicted molar refractivity (Wildman–Crippen MR) is 74.9 cm³/mol. The number of aromatic nitrogens is 1. The molecule has 1 saturated heterocycles.